The van der Waals surface area contributed by atoms with Gasteiger partial charge in [-0.2, -0.15) is 0 Å². The molecule has 5 heteroatoms. The highest BCUT2D eigenvalue weighted by Crippen LogP contribution is 2.22. The Labute approximate surface area is 132 Å². The van der Waals surface area contributed by atoms with Crippen molar-refractivity contribution < 1.29 is 4.79 Å². The van der Waals surface area contributed by atoms with Crippen LogP contribution in [0.2, 0.25) is 0 Å². The van der Waals surface area contributed by atoms with Gasteiger partial charge in [-0.3, -0.25) is 9.78 Å². The zero-order valence-electron chi connectivity index (χ0n) is 12.1. The monoisotopic (exact) mass is 309 g/mol. The zero-order chi connectivity index (χ0) is 15.4. The molecule has 22 heavy (non-hydrogen) atoms. The van der Waals surface area contributed by atoms with Crippen LogP contribution >= 0.6 is 11.3 Å². The van der Waals surface area contributed by atoms with E-state index in [1.807, 2.05) is 43.3 Å². The van der Waals surface area contributed by atoms with Crippen LogP contribution in [0.3, 0.4) is 0 Å². The third kappa shape index (κ3) is 3.38. The first kappa shape index (κ1) is 14.4. The molecule has 0 saturated heterocycles. The van der Waals surface area contributed by atoms with Gasteiger partial charge in [0.05, 0.1) is 22.5 Å². The summed E-state index contributed by atoms with van der Waals surface area (Å²) in [6.07, 6.45) is 4.98. The molecule has 1 amide bonds. The highest BCUT2D eigenvalue weighted by atomic mass is 32.1. The van der Waals surface area contributed by atoms with Crippen molar-refractivity contribution in [1.29, 1.82) is 0 Å². The molecule has 0 aliphatic rings. The molecule has 0 bridgehead atoms. The minimum absolute atomic E-state index is 0.149. The highest BCUT2D eigenvalue weighted by Gasteiger charge is 2.02. The fourth-order valence-electron chi connectivity index (χ4n) is 2.04. The summed E-state index contributed by atoms with van der Waals surface area (Å²) in [5.41, 5.74) is 2.90. The van der Waals surface area contributed by atoms with Crippen molar-refractivity contribution in [2.24, 2.45) is 0 Å². The molecule has 2 heterocycles. The number of amides is 1. The van der Waals surface area contributed by atoms with Gasteiger partial charge in [0.25, 0.3) is 0 Å². The largest absolute Gasteiger partial charge is 0.347 e. The van der Waals surface area contributed by atoms with Crippen LogP contribution in [-0.4, -0.2) is 15.9 Å². The Kier molecular flexibility index (Phi) is 4.25. The number of aryl methyl sites for hydroxylation is 1. The number of hydrogen-bond acceptors (Lipinski definition) is 4. The van der Waals surface area contributed by atoms with E-state index in [1.165, 1.54) is 6.08 Å². The van der Waals surface area contributed by atoms with Gasteiger partial charge in [0.1, 0.15) is 5.01 Å². The molecule has 3 aromatic rings. The van der Waals surface area contributed by atoms with Crippen LogP contribution in [0.5, 0.6) is 0 Å². The molecule has 0 aliphatic heterocycles. The summed E-state index contributed by atoms with van der Waals surface area (Å²) in [5, 5.41) is 3.66. The molecule has 0 radical (unpaired) electrons. The van der Waals surface area contributed by atoms with E-state index in [0.717, 1.165) is 26.5 Å². The first-order valence-electron chi connectivity index (χ1n) is 6.94. The second-order valence-corrected chi connectivity index (χ2v) is 5.90. The van der Waals surface area contributed by atoms with Crippen molar-refractivity contribution >= 4 is 33.5 Å². The SMILES string of the molecule is Cc1cccnc1CNC(=O)C=Cc1nc2ccccc2s1. The summed E-state index contributed by atoms with van der Waals surface area (Å²) < 4.78 is 1.12. The van der Waals surface area contributed by atoms with Crippen molar-refractivity contribution in [3.05, 3.63) is 64.9 Å². The molecule has 110 valence electrons. The molecule has 0 atom stereocenters. The lowest BCUT2D eigenvalue weighted by Crippen LogP contribution is -2.21. The summed E-state index contributed by atoms with van der Waals surface area (Å²) in [4.78, 5) is 20.6. The molecule has 4 nitrogen and oxygen atoms in total. The Morgan fingerprint density at radius 3 is 2.95 bits per heavy atom. The first-order valence-corrected chi connectivity index (χ1v) is 7.76. The normalized spacial score (nSPS) is 11.1. The number of carbonyl (C=O) groups excluding carboxylic acids is 1. The molecule has 0 saturated carbocycles. The third-order valence-electron chi connectivity index (χ3n) is 3.24. The van der Waals surface area contributed by atoms with Gasteiger partial charge in [0.2, 0.25) is 5.91 Å². The Hall–Kier alpha value is -2.53. The van der Waals surface area contributed by atoms with E-state index in [1.54, 1.807) is 23.6 Å². The Balaban J connectivity index is 1.62. The molecular formula is C17H15N3OS. The summed E-state index contributed by atoms with van der Waals surface area (Å²) >= 11 is 1.57. The zero-order valence-corrected chi connectivity index (χ0v) is 12.9. The molecule has 3 rings (SSSR count). The van der Waals surface area contributed by atoms with E-state index >= 15 is 0 Å². The van der Waals surface area contributed by atoms with E-state index in [2.05, 4.69) is 15.3 Å². The van der Waals surface area contributed by atoms with Crippen LogP contribution in [0.4, 0.5) is 0 Å². The fourth-order valence-corrected chi connectivity index (χ4v) is 2.91. The third-order valence-corrected chi connectivity index (χ3v) is 4.24. The Bertz CT molecular complexity index is 806. The van der Waals surface area contributed by atoms with E-state index in [-0.39, 0.29) is 5.91 Å². The van der Waals surface area contributed by atoms with Crippen molar-refractivity contribution in [1.82, 2.24) is 15.3 Å². The van der Waals surface area contributed by atoms with Gasteiger partial charge in [0, 0.05) is 12.3 Å². The number of fused-ring (bicyclic) bond motifs is 1. The number of thiazole rings is 1. The Morgan fingerprint density at radius 1 is 1.27 bits per heavy atom. The average molecular weight is 309 g/mol. The van der Waals surface area contributed by atoms with Crippen LogP contribution < -0.4 is 5.32 Å². The van der Waals surface area contributed by atoms with Crippen LogP contribution in [0.25, 0.3) is 16.3 Å². The molecule has 2 aromatic heterocycles. The van der Waals surface area contributed by atoms with Crippen LogP contribution in [0.15, 0.2) is 48.7 Å². The maximum atomic E-state index is 11.9. The van der Waals surface area contributed by atoms with E-state index in [4.69, 9.17) is 0 Å². The van der Waals surface area contributed by atoms with Crippen LogP contribution in [0.1, 0.15) is 16.3 Å². The maximum absolute atomic E-state index is 11.9. The van der Waals surface area contributed by atoms with E-state index in [0.29, 0.717) is 6.54 Å². The summed E-state index contributed by atoms with van der Waals surface area (Å²) in [5.74, 6) is -0.149. The molecule has 1 aromatic carbocycles. The van der Waals surface area contributed by atoms with Crippen LogP contribution in [0, 0.1) is 6.92 Å². The molecular weight excluding hydrogens is 294 g/mol. The minimum atomic E-state index is -0.149. The Morgan fingerprint density at radius 2 is 2.14 bits per heavy atom. The second-order valence-electron chi connectivity index (χ2n) is 4.84. The lowest BCUT2D eigenvalue weighted by molar-refractivity contribution is -0.116. The standard InChI is InChI=1S/C17H15N3OS/c1-12-5-4-10-18-14(12)11-19-16(21)8-9-17-20-13-6-2-3-7-15(13)22-17/h2-10H,11H2,1H3,(H,19,21). The number of carbonyl (C=O) groups is 1. The number of rotatable bonds is 4. The van der Waals surface area contributed by atoms with E-state index < -0.39 is 0 Å². The number of pyridine rings is 1. The minimum Gasteiger partial charge on any atom is -0.347 e. The van der Waals surface area contributed by atoms with Gasteiger partial charge in [-0.15, -0.1) is 11.3 Å². The van der Waals surface area contributed by atoms with Gasteiger partial charge < -0.3 is 5.32 Å². The smallest absolute Gasteiger partial charge is 0.244 e. The van der Waals surface area contributed by atoms with Gasteiger partial charge in [-0.1, -0.05) is 18.2 Å². The number of para-hydroxylation sites is 1. The number of benzene rings is 1. The molecule has 0 fully saturated rings. The summed E-state index contributed by atoms with van der Waals surface area (Å²) in [6.45, 7) is 2.40. The average Bonchev–Trinajstić information content (AvgIpc) is 2.95. The quantitative estimate of drug-likeness (QED) is 0.752. The highest BCUT2D eigenvalue weighted by molar-refractivity contribution is 7.19. The predicted molar refractivity (Wildman–Crippen MR) is 89.5 cm³/mol. The molecule has 1 N–H and O–H groups in total. The summed E-state index contributed by atoms with van der Waals surface area (Å²) in [6, 6.07) is 11.8. The van der Waals surface area contributed by atoms with Crippen molar-refractivity contribution in [2.75, 3.05) is 0 Å². The molecule has 0 unspecified atom stereocenters. The van der Waals surface area contributed by atoms with Gasteiger partial charge in [0.15, 0.2) is 0 Å². The number of nitrogens with zero attached hydrogens (tertiary/aromatic N) is 2. The van der Waals surface area contributed by atoms with Crippen molar-refractivity contribution in [3.8, 4) is 0 Å². The molecule has 0 spiro atoms. The van der Waals surface area contributed by atoms with Crippen LogP contribution in [-0.2, 0) is 11.3 Å². The maximum Gasteiger partial charge on any atom is 0.244 e. The first-order chi connectivity index (χ1) is 10.7. The van der Waals surface area contributed by atoms with Gasteiger partial charge in [-0.05, 0) is 36.8 Å². The topological polar surface area (TPSA) is 54.9 Å². The van der Waals surface area contributed by atoms with Crippen molar-refractivity contribution in [3.63, 3.8) is 0 Å². The fraction of sp³-hybridized carbons (Fsp3) is 0.118. The number of aromatic nitrogens is 2. The molecule has 0 aliphatic carbocycles. The van der Waals surface area contributed by atoms with Gasteiger partial charge >= 0.3 is 0 Å². The van der Waals surface area contributed by atoms with Crippen molar-refractivity contribution in [2.45, 2.75) is 13.5 Å². The lowest BCUT2D eigenvalue weighted by Gasteiger charge is -2.04. The number of hydrogen-bond donors (Lipinski definition) is 1. The lowest BCUT2D eigenvalue weighted by atomic mass is 10.2. The summed E-state index contributed by atoms with van der Waals surface area (Å²) in [7, 11) is 0. The second kappa shape index (κ2) is 6.49. The predicted octanol–water partition coefficient (Wildman–Crippen LogP) is 3.33. The van der Waals surface area contributed by atoms with E-state index in [9.17, 15) is 4.79 Å². The number of nitrogens with one attached hydrogen (secondary N) is 1. The van der Waals surface area contributed by atoms with Gasteiger partial charge in [-0.25, -0.2) is 4.98 Å².